The van der Waals surface area contributed by atoms with Crippen molar-refractivity contribution in [3.05, 3.63) is 23.8 Å². The number of carbonyl (C=O) groups excluding carboxylic acids is 1. The lowest BCUT2D eigenvalue weighted by atomic mass is 10.1. The highest BCUT2D eigenvalue weighted by Gasteiger charge is 2.21. The van der Waals surface area contributed by atoms with Gasteiger partial charge in [-0.25, -0.2) is 4.79 Å². The van der Waals surface area contributed by atoms with Crippen molar-refractivity contribution in [3.8, 4) is 0 Å². The normalized spacial score (nSPS) is 16.0. The van der Waals surface area contributed by atoms with Crippen LogP contribution in [0.3, 0.4) is 0 Å². The Morgan fingerprint density at radius 1 is 1.29 bits per heavy atom. The second-order valence-electron chi connectivity index (χ2n) is 5.13. The van der Waals surface area contributed by atoms with Gasteiger partial charge in [-0.1, -0.05) is 0 Å². The first-order valence-corrected chi connectivity index (χ1v) is 7.58. The summed E-state index contributed by atoms with van der Waals surface area (Å²) in [6.45, 7) is 6.78. The van der Waals surface area contributed by atoms with Gasteiger partial charge in [-0.2, -0.15) is 0 Å². The summed E-state index contributed by atoms with van der Waals surface area (Å²) >= 11 is 0. The molecule has 1 aromatic rings. The third kappa shape index (κ3) is 3.88. The van der Waals surface area contributed by atoms with Crippen molar-refractivity contribution in [1.29, 1.82) is 0 Å². The fraction of sp³-hybridized carbons (Fsp3) is 0.562. The molecule has 116 valence electrons. The minimum atomic E-state index is -0.360. The summed E-state index contributed by atoms with van der Waals surface area (Å²) in [5.74, 6) is -0.360. The molecule has 0 aliphatic carbocycles. The van der Waals surface area contributed by atoms with Crippen molar-refractivity contribution in [2.24, 2.45) is 0 Å². The molecule has 1 heterocycles. The number of rotatable bonds is 5. The predicted molar refractivity (Wildman–Crippen MR) is 83.7 cm³/mol. The van der Waals surface area contributed by atoms with E-state index in [1.54, 1.807) is 13.0 Å². The van der Waals surface area contributed by atoms with E-state index in [1.807, 2.05) is 19.1 Å². The number of esters is 1. The van der Waals surface area contributed by atoms with Crippen molar-refractivity contribution < 1.29 is 14.3 Å². The van der Waals surface area contributed by atoms with Crippen LogP contribution in [0.5, 0.6) is 0 Å². The van der Waals surface area contributed by atoms with Crippen molar-refractivity contribution in [1.82, 2.24) is 0 Å². The van der Waals surface area contributed by atoms with E-state index in [0.717, 1.165) is 38.2 Å². The van der Waals surface area contributed by atoms with Crippen LogP contribution < -0.4 is 10.6 Å². The van der Waals surface area contributed by atoms with E-state index in [-0.39, 0.29) is 5.97 Å². The third-order valence-corrected chi connectivity index (χ3v) is 3.74. The Morgan fingerprint density at radius 3 is 2.62 bits per heavy atom. The second-order valence-corrected chi connectivity index (χ2v) is 5.13. The summed E-state index contributed by atoms with van der Waals surface area (Å²) in [6.07, 6.45) is 2.37. The van der Waals surface area contributed by atoms with E-state index in [1.165, 1.54) is 0 Å². The van der Waals surface area contributed by atoms with Gasteiger partial charge >= 0.3 is 5.97 Å². The Hall–Kier alpha value is -1.75. The van der Waals surface area contributed by atoms with Crippen LogP contribution in [-0.4, -0.2) is 38.4 Å². The quantitative estimate of drug-likeness (QED) is 0.667. The molecule has 1 fully saturated rings. The van der Waals surface area contributed by atoms with E-state index < -0.39 is 0 Å². The molecule has 1 saturated heterocycles. The van der Waals surface area contributed by atoms with Crippen LogP contribution in [0.2, 0.25) is 0 Å². The number of nitrogens with zero attached hydrogens (tertiary/aromatic N) is 1. The number of benzene rings is 1. The summed E-state index contributed by atoms with van der Waals surface area (Å²) < 4.78 is 10.7. The number of ether oxygens (including phenoxy) is 2. The van der Waals surface area contributed by atoms with Gasteiger partial charge in [-0.05, 0) is 44.9 Å². The van der Waals surface area contributed by atoms with Gasteiger partial charge in [0.1, 0.15) is 0 Å². The summed E-state index contributed by atoms with van der Waals surface area (Å²) in [4.78, 5) is 14.2. The van der Waals surface area contributed by atoms with Gasteiger partial charge < -0.3 is 20.1 Å². The van der Waals surface area contributed by atoms with Crippen LogP contribution in [0, 0.1) is 0 Å². The SMILES string of the molecule is CCOC(=O)c1cc(N2CCC(OCC)CC2)ccc1N. The fourth-order valence-corrected chi connectivity index (χ4v) is 2.64. The van der Waals surface area contributed by atoms with E-state index >= 15 is 0 Å². The molecule has 0 unspecified atom stereocenters. The van der Waals surface area contributed by atoms with Crippen LogP contribution in [-0.2, 0) is 9.47 Å². The van der Waals surface area contributed by atoms with E-state index in [0.29, 0.717) is 24.0 Å². The summed E-state index contributed by atoms with van der Waals surface area (Å²) in [5.41, 5.74) is 7.79. The average molecular weight is 292 g/mol. The number of piperidine rings is 1. The molecule has 0 aromatic heterocycles. The van der Waals surface area contributed by atoms with Gasteiger partial charge in [0.2, 0.25) is 0 Å². The molecule has 0 spiro atoms. The summed E-state index contributed by atoms with van der Waals surface area (Å²) in [6, 6.07) is 5.56. The van der Waals surface area contributed by atoms with Crippen LogP contribution >= 0.6 is 0 Å². The van der Waals surface area contributed by atoms with E-state index in [4.69, 9.17) is 15.2 Å². The third-order valence-electron chi connectivity index (χ3n) is 3.74. The predicted octanol–water partition coefficient (Wildman–Crippen LogP) is 2.45. The number of nitrogen functional groups attached to an aromatic ring is 1. The fourth-order valence-electron chi connectivity index (χ4n) is 2.64. The number of nitrogens with two attached hydrogens (primary N) is 1. The lowest BCUT2D eigenvalue weighted by Crippen LogP contribution is -2.37. The first-order valence-electron chi connectivity index (χ1n) is 7.58. The zero-order valence-electron chi connectivity index (χ0n) is 12.8. The number of carbonyl (C=O) groups is 1. The van der Waals surface area contributed by atoms with Gasteiger partial charge in [0.25, 0.3) is 0 Å². The molecule has 0 saturated carbocycles. The number of hydrogen-bond donors (Lipinski definition) is 1. The molecular formula is C16H24N2O3. The minimum absolute atomic E-state index is 0.349. The van der Waals surface area contributed by atoms with Crippen molar-refractivity contribution in [2.45, 2.75) is 32.8 Å². The first-order chi connectivity index (χ1) is 10.2. The smallest absolute Gasteiger partial charge is 0.340 e. The molecule has 0 atom stereocenters. The van der Waals surface area contributed by atoms with E-state index in [2.05, 4.69) is 4.90 Å². The molecule has 5 nitrogen and oxygen atoms in total. The molecule has 1 aliphatic heterocycles. The molecule has 1 aromatic carbocycles. The molecule has 0 bridgehead atoms. The Bertz CT molecular complexity index is 482. The Labute approximate surface area is 126 Å². The maximum atomic E-state index is 11.9. The van der Waals surface area contributed by atoms with Gasteiger partial charge in [0, 0.05) is 31.1 Å². The molecule has 0 amide bonds. The largest absolute Gasteiger partial charge is 0.462 e. The highest BCUT2D eigenvalue weighted by atomic mass is 16.5. The molecule has 21 heavy (non-hydrogen) atoms. The standard InChI is InChI=1S/C16H24N2O3/c1-3-20-13-7-9-18(10-8-13)12-5-6-15(17)14(11-12)16(19)21-4-2/h5-6,11,13H,3-4,7-10,17H2,1-2H3. The highest BCUT2D eigenvalue weighted by Crippen LogP contribution is 2.25. The summed E-state index contributed by atoms with van der Waals surface area (Å²) in [7, 11) is 0. The summed E-state index contributed by atoms with van der Waals surface area (Å²) in [5, 5.41) is 0. The maximum Gasteiger partial charge on any atom is 0.340 e. The minimum Gasteiger partial charge on any atom is -0.462 e. The van der Waals surface area contributed by atoms with Gasteiger partial charge in [0.05, 0.1) is 18.3 Å². The van der Waals surface area contributed by atoms with Crippen LogP contribution in [0.4, 0.5) is 11.4 Å². The van der Waals surface area contributed by atoms with Gasteiger partial charge in [0.15, 0.2) is 0 Å². The number of anilines is 2. The lowest BCUT2D eigenvalue weighted by Gasteiger charge is -2.33. The Balaban J connectivity index is 2.07. The molecule has 0 radical (unpaired) electrons. The van der Waals surface area contributed by atoms with Gasteiger partial charge in [-0.15, -0.1) is 0 Å². The zero-order valence-corrected chi connectivity index (χ0v) is 12.8. The van der Waals surface area contributed by atoms with Crippen molar-refractivity contribution in [3.63, 3.8) is 0 Å². The van der Waals surface area contributed by atoms with Crippen molar-refractivity contribution >= 4 is 17.3 Å². The lowest BCUT2D eigenvalue weighted by molar-refractivity contribution is 0.0458. The van der Waals surface area contributed by atoms with E-state index in [9.17, 15) is 4.79 Å². The molecule has 1 aliphatic rings. The molecule has 2 N–H and O–H groups in total. The second kappa shape index (κ2) is 7.31. The maximum absolute atomic E-state index is 11.9. The van der Waals surface area contributed by atoms with Crippen LogP contribution in [0.15, 0.2) is 18.2 Å². The molecular weight excluding hydrogens is 268 g/mol. The first kappa shape index (κ1) is 15.6. The number of hydrogen-bond acceptors (Lipinski definition) is 5. The zero-order chi connectivity index (χ0) is 15.2. The Morgan fingerprint density at radius 2 is 2.00 bits per heavy atom. The monoisotopic (exact) mass is 292 g/mol. The highest BCUT2D eigenvalue weighted by molar-refractivity contribution is 5.96. The van der Waals surface area contributed by atoms with Crippen molar-refractivity contribution in [2.75, 3.05) is 36.9 Å². The average Bonchev–Trinajstić information content (AvgIpc) is 2.49. The molecule has 2 rings (SSSR count). The van der Waals surface area contributed by atoms with Gasteiger partial charge in [-0.3, -0.25) is 0 Å². The molecule has 5 heteroatoms. The Kier molecular flexibility index (Phi) is 5.44. The topological polar surface area (TPSA) is 64.8 Å². The van der Waals surface area contributed by atoms with Crippen LogP contribution in [0.1, 0.15) is 37.0 Å². The van der Waals surface area contributed by atoms with Crippen LogP contribution in [0.25, 0.3) is 0 Å².